The second-order valence-corrected chi connectivity index (χ2v) is 10.7. The van der Waals surface area contributed by atoms with Crippen LogP contribution in [0.15, 0.2) is 88.2 Å². The fourth-order valence-corrected chi connectivity index (χ4v) is 6.03. The predicted molar refractivity (Wildman–Crippen MR) is 158 cm³/mol. The van der Waals surface area contributed by atoms with E-state index in [0.29, 0.717) is 38.8 Å². The van der Waals surface area contributed by atoms with Crippen LogP contribution in [0.2, 0.25) is 0 Å². The number of thiocarbonyl (C=S) groups is 1. The highest BCUT2D eigenvalue weighted by Gasteiger charge is 2.35. The molecule has 0 aliphatic carbocycles. The van der Waals surface area contributed by atoms with E-state index >= 15 is 0 Å². The summed E-state index contributed by atoms with van der Waals surface area (Å²) in [6.07, 6.45) is 1.80. The molecule has 8 heteroatoms. The van der Waals surface area contributed by atoms with Gasteiger partial charge in [0.1, 0.15) is 12.4 Å². The summed E-state index contributed by atoms with van der Waals surface area (Å²) in [7, 11) is 3.16. The van der Waals surface area contributed by atoms with Crippen molar-refractivity contribution in [3.8, 4) is 17.2 Å². The minimum Gasteiger partial charge on any atom is -0.495 e. The molecule has 0 saturated carbocycles. The molecular formula is C29H22BrNO4S2. The highest BCUT2D eigenvalue weighted by Crippen LogP contribution is 2.42. The van der Waals surface area contributed by atoms with Gasteiger partial charge < -0.3 is 14.2 Å². The fraction of sp³-hybridized carbons (Fsp3) is 0.103. The molecule has 0 aromatic heterocycles. The predicted octanol–water partition coefficient (Wildman–Crippen LogP) is 7.60. The van der Waals surface area contributed by atoms with Crippen LogP contribution in [0.5, 0.6) is 17.2 Å². The van der Waals surface area contributed by atoms with E-state index in [9.17, 15) is 4.79 Å². The van der Waals surface area contributed by atoms with Crippen LogP contribution >= 0.6 is 39.9 Å². The molecule has 0 spiro atoms. The van der Waals surface area contributed by atoms with Crippen LogP contribution in [0.3, 0.4) is 0 Å². The molecule has 0 radical (unpaired) electrons. The zero-order valence-electron chi connectivity index (χ0n) is 20.1. The van der Waals surface area contributed by atoms with Gasteiger partial charge in [0.25, 0.3) is 5.91 Å². The number of fused-ring (bicyclic) bond motifs is 1. The summed E-state index contributed by atoms with van der Waals surface area (Å²) in [5.41, 5.74) is 2.48. The smallest absolute Gasteiger partial charge is 0.270 e. The van der Waals surface area contributed by atoms with E-state index in [1.165, 1.54) is 16.7 Å². The van der Waals surface area contributed by atoms with E-state index in [1.807, 2.05) is 48.5 Å². The number of ether oxygens (including phenoxy) is 3. The number of benzene rings is 4. The van der Waals surface area contributed by atoms with Gasteiger partial charge in [-0.05, 0) is 68.2 Å². The number of methoxy groups -OCH3 is 2. The maximum Gasteiger partial charge on any atom is 0.270 e. The quantitative estimate of drug-likeness (QED) is 0.163. The molecule has 186 valence electrons. The Morgan fingerprint density at radius 3 is 2.49 bits per heavy atom. The summed E-state index contributed by atoms with van der Waals surface area (Å²) in [6.45, 7) is 0.382. The van der Waals surface area contributed by atoms with Gasteiger partial charge in [-0.25, -0.2) is 0 Å². The first-order valence-corrected chi connectivity index (χ1v) is 13.4. The van der Waals surface area contributed by atoms with Crippen molar-refractivity contribution >= 4 is 72.7 Å². The zero-order chi connectivity index (χ0) is 25.9. The van der Waals surface area contributed by atoms with Crippen LogP contribution in [-0.2, 0) is 11.4 Å². The second kappa shape index (κ2) is 11.0. The topological polar surface area (TPSA) is 48.0 Å². The number of carbonyl (C=O) groups excluding carboxylic acids is 1. The molecule has 0 atom stereocenters. The summed E-state index contributed by atoms with van der Waals surface area (Å²) in [6, 6.07) is 25.4. The van der Waals surface area contributed by atoms with Gasteiger partial charge >= 0.3 is 0 Å². The molecule has 0 unspecified atom stereocenters. The van der Waals surface area contributed by atoms with Crippen LogP contribution in [-0.4, -0.2) is 24.4 Å². The lowest BCUT2D eigenvalue weighted by Gasteiger charge is -2.17. The third kappa shape index (κ3) is 5.09. The van der Waals surface area contributed by atoms with Crippen molar-refractivity contribution in [2.24, 2.45) is 0 Å². The number of halogens is 1. The Kier molecular flexibility index (Phi) is 7.50. The molecule has 4 aromatic carbocycles. The lowest BCUT2D eigenvalue weighted by atomic mass is 10.1. The van der Waals surface area contributed by atoms with Crippen molar-refractivity contribution in [1.29, 1.82) is 0 Å². The normalized spacial score (nSPS) is 14.5. The standard InChI is InChI=1S/C29H22BrNO4S2/c1-33-24-13-6-5-12-23(24)31-28(32)26(37-29(31)36)16-18-14-22(30)27(25(15-18)34-2)35-17-20-10-7-9-19-8-3-4-11-21(19)20/h3-16H,17H2,1-2H3/b26-16+. The minimum atomic E-state index is -0.203. The SMILES string of the molecule is COc1ccccc1N1C(=O)/C(=C\c2cc(Br)c(OCc3cccc4ccccc34)c(OC)c2)SC1=S. The molecule has 1 amide bonds. The Labute approximate surface area is 233 Å². The highest BCUT2D eigenvalue weighted by molar-refractivity contribution is 9.10. The van der Waals surface area contributed by atoms with E-state index in [4.69, 9.17) is 26.4 Å². The molecule has 4 aromatic rings. The average molecular weight is 593 g/mol. The van der Waals surface area contributed by atoms with E-state index in [0.717, 1.165) is 26.4 Å². The first-order valence-electron chi connectivity index (χ1n) is 11.4. The maximum absolute atomic E-state index is 13.3. The Bertz CT molecular complexity index is 1550. The van der Waals surface area contributed by atoms with Gasteiger partial charge in [0.2, 0.25) is 0 Å². The molecule has 1 aliphatic heterocycles. The molecule has 1 fully saturated rings. The number of para-hydroxylation sites is 2. The van der Waals surface area contributed by atoms with E-state index in [2.05, 4.69) is 40.2 Å². The number of rotatable bonds is 7. The summed E-state index contributed by atoms with van der Waals surface area (Å²) in [5.74, 6) is 1.53. The monoisotopic (exact) mass is 591 g/mol. The largest absolute Gasteiger partial charge is 0.495 e. The second-order valence-electron chi connectivity index (χ2n) is 8.15. The Morgan fingerprint density at radius 1 is 0.946 bits per heavy atom. The molecule has 0 bridgehead atoms. The third-order valence-electron chi connectivity index (χ3n) is 5.92. The van der Waals surface area contributed by atoms with Gasteiger partial charge in [-0.15, -0.1) is 0 Å². The number of anilines is 1. The van der Waals surface area contributed by atoms with Crippen molar-refractivity contribution in [3.05, 3.63) is 99.4 Å². The van der Waals surface area contributed by atoms with Gasteiger partial charge in [-0.1, -0.05) is 78.6 Å². The maximum atomic E-state index is 13.3. The van der Waals surface area contributed by atoms with Gasteiger partial charge in [0.05, 0.1) is 29.3 Å². The van der Waals surface area contributed by atoms with Crippen molar-refractivity contribution < 1.29 is 19.0 Å². The molecule has 5 rings (SSSR count). The van der Waals surface area contributed by atoms with Gasteiger partial charge in [-0.2, -0.15) is 0 Å². The van der Waals surface area contributed by atoms with Crippen LogP contribution in [0.25, 0.3) is 16.8 Å². The Morgan fingerprint density at radius 2 is 1.68 bits per heavy atom. The van der Waals surface area contributed by atoms with E-state index in [-0.39, 0.29) is 5.91 Å². The highest BCUT2D eigenvalue weighted by atomic mass is 79.9. The molecular weight excluding hydrogens is 570 g/mol. The van der Waals surface area contributed by atoms with Crippen LogP contribution < -0.4 is 19.1 Å². The number of hydrogen-bond donors (Lipinski definition) is 0. The summed E-state index contributed by atoms with van der Waals surface area (Å²) in [4.78, 5) is 15.3. The Balaban J connectivity index is 1.41. The van der Waals surface area contributed by atoms with Crippen LogP contribution in [0.4, 0.5) is 5.69 Å². The van der Waals surface area contributed by atoms with Crippen LogP contribution in [0, 0.1) is 0 Å². The molecule has 0 N–H and O–H groups in total. The number of carbonyl (C=O) groups is 1. The van der Waals surface area contributed by atoms with E-state index < -0.39 is 0 Å². The summed E-state index contributed by atoms with van der Waals surface area (Å²) in [5, 5.41) is 2.31. The number of nitrogens with zero attached hydrogens (tertiary/aromatic N) is 1. The van der Waals surface area contributed by atoms with Gasteiger partial charge in [0, 0.05) is 0 Å². The third-order valence-corrected chi connectivity index (χ3v) is 7.81. The molecule has 5 nitrogen and oxygen atoms in total. The fourth-order valence-electron chi connectivity index (χ4n) is 4.17. The molecule has 1 saturated heterocycles. The van der Waals surface area contributed by atoms with Gasteiger partial charge in [0.15, 0.2) is 15.8 Å². The number of thioether (sulfide) groups is 1. The number of amides is 1. The summed E-state index contributed by atoms with van der Waals surface area (Å²) < 4.78 is 18.4. The van der Waals surface area contributed by atoms with Crippen molar-refractivity contribution in [2.45, 2.75) is 6.61 Å². The van der Waals surface area contributed by atoms with Crippen molar-refractivity contribution in [2.75, 3.05) is 19.1 Å². The molecule has 1 aliphatic rings. The van der Waals surface area contributed by atoms with E-state index in [1.54, 1.807) is 26.4 Å². The zero-order valence-corrected chi connectivity index (χ0v) is 23.3. The minimum absolute atomic E-state index is 0.203. The Hall–Kier alpha value is -3.33. The molecule has 37 heavy (non-hydrogen) atoms. The number of hydrogen-bond acceptors (Lipinski definition) is 6. The van der Waals surface area contributed by atoms with Crippen LogP contribution in [0.1, 0.15) is 11.1 Å². The van der Waals surface area contributed by atoms with Gasteiger partial charge in [-0.3, -0.25) is 9.69 Å². The lowest BCUT2D eigenvalue weighted by Crippen LogP contribution is -2.27. The molecule has 1 heterocycles. The van der Waals surface area contributed by atoms with Crippen molar-refractivity contribution in [1.82, 2.24) is 0 Å². The first-order chi connectivity index (χ1) is 18.0. The first kappa shape index (κ1) is 25.3. The summed E-state index contributed by atoms with van der Waals surface area (Å²) >= 11 is 10.4. The van der Waals surface area contributed by atoms with Crippen molar-refractivity contribution in [3.63, 3.8) is 0 Å². The average Bonchev–Trinajstić information content (AvgIpc) is 3.19. The lowest BCUT2D eigenvalue weighted by molar-refractivity contribution is -0.113.